The van der Waals surface area contributed by atoms with Gasteiger partial charge in [0.05, 0.1) is 0 Å². The second-order valence-electron chi connectivity index (χ2n) is 3.31. The molecule has 0 nitrogen and oxygen atoms in total. The van der Waals surface area contributed by atoms with Gasteiger partial charge in [-0.3, -0.25) is 0 Å². The minimum atomic E-state index is -3.93. The predicted molar refractivity (Wildman–Crippen MR) is 67.9 cm³/mol. The zero-order valence-corrected chi connectivity index (χ0v) is 12.5. The van der Waals surface area contributed by atoms with Crippen LogP contribution in [-0.4, -0.2) is 16.7 Å². The van der Waals surface area contributed by atoms with E-state index in [4.69, 9.17) is 0 Å². The maximum absolute atomic E-state index is 14.7. The van der Waals surface area contributed by atoms with E-state index in [9.17, 15) is 2.87 Å². The molecule has 2 aromatic rings. The van der Waals surface area contributed by atoms with E-state index in [1.165, 1.54) is 0 Å². The van der Waals surface area contributed by atoms with Gasteiger partial charge in [0.1, 0.15) is 0 Å². The quantitative estimate of drug-likeness (QED) is 0.712. The van der Waals surface area contributed by atoms with Crippen molar-refractivity contribution >= 4 is 36.6 Å². The topological polar surface area (TPSA) is 0 Å². The summed E-state index contributed by atoms with van der Waals surface area (Å²) in [7, 11) is 0. The Hall–Kier alpha value is -0.351. The van der Waals surface area contributed by atoms with Gasteiger partial charge in [-0.15, -0.1) is 0 Å². The van der Waals surface area contributed by atoms with E-state index in [-0.39, 0.29) is 0 Å². The van der Waals surface area contributed by atoms with Gasteiger partial charge in [-0.25, -0.2) is 0 Å². The fourth-order valence-electron chi connectivity index (χ4n) is 1.46. The van der Waals surface area contributed by atoms with Crippen LogP contribution in [0.5, 0.6) is 0 Å². The zero-order chi connectivity index (χ0) is 10.7. The van der Waals surface area contributed by atoms with Crippen molar-refractivity contribution in [2.45, 2.75) is 0 Å². The van der Waals surface area contributed by atoms with Gasteiger partial charge in [-0.1, -0.05) is 0 Å². The minimum absolute atomic E-state index is 0.818. The molecule has 0 aromatic heterocycles. The fraction of sp³-hybridized carbons (Fsp3) is 0. The zero-order valence-electron chi connectivity index (χ0n) is 8.03. The van der Waals surface area contributed by atoms with Gasteiger partial charge in [0.2, 0.25) is 0 Å². The summed E-state index contributed by atoms with van der Waals surface area (Å²) in [5.74, 6) is 0. The summed E-state index contributed by atoms with van der Waals surface area (Å²) in [6, 6.07) is 18.8. The summed E-state index contributed by atoms with van der Waals surface area (Å²) in [5.41, 5.74) is 0. The summed E-state index contributed by atoms with van der Waals surface area (Å²) in [4.78, 5) is 0. The normalized spacial score (nSPS) is 11.3. The molecule has 2 aromatic carbocycles. The summed E-state index contributed by atoms with van der Waals surface area (Å²) >= 11 is -0.591. The second kappa shape index (κ2) is 4.66. The SMILES string of the molecule is [F][Sn]([Br])([c]1ccccc1)[c]1ccccc1. The van der Waals surface area contributed by atoms with Crippen LogP contribution in [0.4, 0.5) is 2.87 Å². The van der Waals surface area contributed by atoms with Gasteiger partial charge in [-0.2, -0.15) is 0 Å². The molecule has 0 heterocycles. The first-order chi connectivity index (χ1) is 7.21. The molecular formula is C12H10BrFSn. The van der Waals surface area contributed by atoms with E-state index in [1.807, 2.05) is 60.7 Å². The number of hydrogen-bond acceptors (Lipinski definition) is 0. The van der Waals surface area contributed by atoms with Crippen LogP contribution in [0, 0.1) is 0 Å². The molecule has 0 aliphatic carbocycles. The Morgan fingerprint density at radius 3 is 1.40 bits per heavy atom. The molecule has 76 valence electrons. The first-order valence-electron chi connectivity index (χ1n) is 4.70. The summed E-state index contributed by atoms with van der Waals surface area (Å²) in [6.45, 7) is 0. The first kappa shape index (κ1) is 11.1. The number of benzene rings is 2. The van der Waals surface area contributed by atoms with Crippen LogP contribution >= 0.6 is 12.7 Å². The van der Waals surface area contributed by atoms with Crippen LogP contribution in [-0.2, 0) is 0 Å². The molecule has 0 fully saturated rings. The molecule has 0 saturated carbocycles. The van der Waals surface area contributed by atoms with Crippen molar-refractivity contribution in [2.75, 3.05) is 0 Å². The molecule has 0 unspecified atom stereocenters. The molecule has 15 heavy (non-hydrogen) atoms. The van der Waals surface area contributed by atoms with Crippen LogP contribution < -0.4 is 7.16 Å². The van der Waals surface area contributed by atoms with Crippen LogP contribution in [0.15, 0.2) is 60.7 Å². The van der Waals surface area contributed by atoms with Crippen molar-refractivity contribution in [3.8, 4) is 0 Å². The average Bonchev–Trinajstić information content (AvgIpc) is 2.31. The molecule has 0 spiro atoms. The van der Waals surface area contributed by atoms with Crippen molar-refractivity contribution < 1.29 is 2.87 Å². The monoisotopic (exact) mass is 372 g/mol. The van der Waals surface area contributed by atoms with Crippen LogP contribution in [0.3, 0.4) is 0 Å². The summed E-state index contributed by atoms with van der Waals surface area (Å²) < 4.78 is 16.3. The molecule has 2 rings (SSSR count). The van der Waals surface area contributed by atoms with Gasteiger partial charge in [0.15, 0.2) is 0 Å². The third kappa shape index (κ3) is 2.42. The van der Waals surface area contributed by atoms with Crippen molar-refractivity contribution in [3.63, 3.8) is 0 Å². The Bertz CT molecular complexity index is 386. The van der Waals surface area contributed by atoms with Crippen LogP contribution in [0.2, 0.25) is 0 Å². The van der Waals surface area contributed by atoms with E-state index in [2.05, 4.69) is 12.7 Å². The molecule has 0 radical (unpaired) electrons. The molecule has 0 saturated heterocycles. The molecule has 0 aliphatic heterocycles. The van der Waals surface area contributed by atoms with E-state index < -0.39 is 16.7 Å². The van der Waals surface area contributed by atoms with Crippen LogP contribution in [0.1, 0.15) is 0 Å². The Morgan fingerprint density at radius 2 is 1.07 bits per heavy atom. The molecule has 0 bridgehead atoms. The van der Waals surface area contributed by atoms with Crippen LogP contribution in [0.25, 0.3) is 0 Å². The van der Waals surface area contributed by atoms with Gasteiger partial charge in [-0.05, 0) is 0 Å². The maximum atomic E-state index is 14.7. The molecule has 0 N–H and O–H groups in total. The van der Waals surface area contributed by atoms with E-state index in [0.717, 1.165) is 7.16 Å². The molecule has 0 aliphatic rings. The summed E-state index contributed by atoms with van der Waals surface area (Å²) in [6.07, 6.45) is 0. The Labute approximate surface area is 99.5 Å². The van der Waals surface area contributed by atoms with Gasteiger partial charge in [0, 0.05) is 0 Å². The van der Waals surface area contributed by atoms with Gasteiger partial charge < -0.3 is 0 Å². The summed E-state index contributed by atoms with van der Waals surface area (Å²) in [5, 5.41) is 0. The first-order valence-corrected chi connectivity index (χ1v) is 15.0. The third-order valence-corrected chi connectivity index (χ3v) is 14.5. The standard InChI is InChI=1S/2C6H5.BrH.FH.Sn/c2*1-2-4-6-5-3-1;;;/h2*1-5H;2*1H;/q;;;;+2/p-2. The fourth-order valence-corrected chi connectivity index (χ4v) is 9.45. The third-order valence-electron chi connectivity index (χ3n) is 2.27. The number of rotatable bonds is 2. The Balaban J connectivity index is 2.44. The van der Waals surface area contributed by atoms with Gasteiger partial charge >= 0.3 is 100 Å². The van der Waals surface area contributed by atoms with Crippen molar-refractivity contribution in [1.29, 1.82) is 0 Å². The van der Waals surface area contributed by atoms with Crippen molar-refractivity contribution in [2.24, 2.45) is 0 Å². The van der Waals surface area contributed by atoms with E-state index >= 15 is 0 Å². The van der Waals surface area contributed by atoms with E-state index in [1.54, 1.807) is 0 Å². The average molecular weight is 372 g/mol. The predicted octanol–water partition coefficient (Wildman–Crippen LogP) is 2.61. The molecule has 3 heteroatoms. The van der Waals surface area contributed by atoms with Crippen molar-refractivity contribution in [3.05, 3.63) is 60.7 Å². The number of hydrogen-bond donors (Lipinski definition) is 0. The van der Waals surface area contributed by atoms with Gasteiger partial charge in [0.25, 0.3) is 0 Å². The molecular weight excluding hydrogens is 362 g/mol. The second-order valence-corrected chi connectivity index (χ2v) is 17.2. The Morgan fingerprint density at radius 1 is 0.733 bits per heavy atom. The van der Waals surface area contributed by atoms with E-state index in [0.29, 0.717) is 0 Å². The number of halogens is 2. The van der Waals surface area contributed by atoms with Crippen molar-refractivity contribution in [1.82, 2.24) is 0 Å². The molecule has 0 amide bonds. The molecule has 0 atom stereocenters. The Kier molecular flexibility index (Phi) is 3.46.